The molecular weight excluding hydrogens is 541 g/mol. The lowest BCUT2D eigenvalue weighted by molar-refractivity contribution is -0.137. The second kappa shape index (κ2) is 11.3. The first-order valence-corrected chi connectivity index (χ1v) is 13.3. The van der Waals surface area contributed by atoms with Gasteiger partial charge in [-0.3, -0.25) is 4.79 Å². The lowest BCUT2D eigenvalue weighted by atomic mass is 9.84. The number of nitrogens with one attached hydrogen (secondary N) is 1. The van der Waals surface area contributed by atoms with E-state index in [1.54, 1.807) is 18.7 Å². The van der Waals surface area contributed by atoms with Crippen LogP contribution in [0.3, 0.4) is 0 Å². The van der Waals surface area contributed by atoms with E-state index in [0.717, 1.165) is 16.7 Å². The van der Waals surface area contributed by atoms with Gasteiger partial charge in [-0.25, -0.2) is 4.79 Å². The highest BCUT2D eigenvalue weighted by atomic mass is 35.6. The van der Waals surface area contributed by atoms with Crippen LogP contribution in [-0.2, 0) is 19.0 Å². The smallest absolute Gasteiger partial charge is 0.430 e. The van der Waals surface area contributed by atoms with E-state index in [1.165, 1.54) is 0 Å². The minimum absolute atomic E-state index is 0.211. The predicted molar refractivity (Wildman–Crippen MR) is 144 cm³/mol. The number of halogens is 3. The lowest BCUT2D eigenvalue weighted by Gasteiger charge is -2.45. The molecule has 0 aromatic heterocycles. The zero-order chi connectivity index (χ0) is 25.8. The summed E-state index contributed by atoms with van der Waals surface area (Å²) >= 11 is 18.5. The molecule has 188 valence electrons. The number of thioether (sulfide) groups is 1. The van der Waals surface area contributed by atoms with Gasteiger partial charge in [0, 0.05) is 0 Å². The van der Waals surface area contributed by atoms with Gasteiger partial charge in [0.2, 0.25) is 9.70 Å². The Morgan fingerprint density at radius 3 is 1.72 bits per heavy atom. The van der Waals surface area contributed by atoms with Crippen LogP contribution < -0.4 is 5.32 Å². The number of carbonyl (C=O) groups is 2. The third kappa shape index (κ3) is 5.94. The van der Waals surface area contributed by atoms with Crippen molar-refractivity contribution in [3.05, 3.63) is 108 Å². The maximum Gasteiger partial charge on any atom is 0.508 e. The number of alkyl halides is 3. The standard InChI is InChI=1S/C27H24Cl3NO4S/c1-18(35-25(33)34-17-26(28,29)30)22-23(32)31-24(22)36-27(19-11-5-2-6-12-19,20-13-7-3-8-14-20)21-15-9-4-10-16-21/h2-16,18,22,24H,17H2,1H3,(H,31,32)/t18?,22-,24+/m0/s1. The number of β-lactam (4-membered cyclic amide) rings is 1. The number of benzene rings is 3. The van der Waals surface area contributed by atoms with E-state index in [1.807, 2.05) is 54.6 Å². The number of hydrogen-bond acceptors (Lipinski definition) is 5. The Morgan fingerprint density at radius 1 is 0.889 bits per heavy atom. The van der Waals surface area contributed by atoms with E-state index < -0.39 is 33.3 Å². The van der Waals surface area contributed by atoms with Crippen LogP contribution in [0.1, 0.15) is 23.6 Å². The highest BCUT2D eigenvalue weighted by Crippen LogP contribution is 2.52. The largest absolute Gasteiger partial charge is 0.508 e. The molecule has 0 saturated carbocycles. The fraction of sp³-hybridized carbons (Fsp3) is 0.259. The van der Waals surface area contributed by atoms with Crippen molar-refractivity contribution < 1.29 is 19.1 Å². The Labute approximate surface area is 229 Å². The molecule has 1 saturated heterocycles. The molecule has 1 unspecified atom stereocenters. The fourth-order valence-electron chi connectivity index (χ4n) is 4.24. The Hall–Kier alpha value is -2.38. The Morgan fingerprint density at radius 2 is 1.33 bits per heavy atom. The number of hydrogen-bond donors (Lipinski definition) is 1. The quantitative estimate of drug-likeness (QED) is 0.143. The minimum Gasteiger partial charge on any atom is -0.430 e. The molecule has 1 N–H and O–H groups in total. The van der Waals surface area contributed by atoms with Crippen molar-refractivity contribution in [2.24, 2.45) is 5.92 Å². The molecule has 0 aliphatic carbocycles. The fourth-order valence-corrected chi connectivity index (χ4v) is 6.27. The van der Waals surface area contributed by atoms with E-state index >= 15 is 0 Å². The summed E-state index contributed by atoms with van der Waals surface area (Å²) in [5.41, 5.74) is 3.17. The topological polar surface area (TPSA) is 64.6 Å². The second-order valence-corrected chi connectivity index (χ2v) is 12.2. The van der Waals surface area contributed by atoms with Crippen LogP contribution in [0.15, 0.2) is 91.0 Å². The van der Waals surface area contributed by atoms with Gasteiger partial charge in [0.05, 0.1) is 10.1 Å². The molecule has 1 fully saturated rings. The first kappa shape index (κ1) is 26.7. The van der Waals surface area contributed by atoms with Crippen LogP contribution in [0.4, 0.5) is 4.79 Å². The summed E-state index contributed by atoms with van der Waals surface area (Å²) < 4.78 is 7.85. The monoisotopic (exact) mass is 563 g/mol. The molecule has 3 aromatic carbocycles. The van der Waals surface area contributed by atoms with E-state index in [4.69, 9.17) is 44.3 Å². The molecule has 1 amide bonds. The van der Waals surface area contributed by atoms with Crippen LogP contribution in [-0.4, -0.2) is 33.9 Å². The van der Waals surface area contributed by atoms with Gasteiger partial charge >= 0.3 is 6.16 Å². The zero-order valence-electron chi connectivity index (χ0n) is 19.3. The Bertz CT molecular complexity index is 1080. The van der Waals surface area contributed by atoms with Gasteiger partial charge in [0.15, 0.2) is 0 Å². The van der Waals surface area contributed by atoms with Crippen molar-refractivity contribution in [3.63, 3.8) is 0 Å². The number of carbonyl (C=O) groups excluding carboxylic acids is 2. The number of amides is 1. The number of rotatable bonds is 8. The van der Waals surface area contributed by atoms with Crippen molar-refractivity contribution in [1.82, 2.24) is 5.32 Å². The van der Waals surface area contributed by atoms with Crippen LogP contribution in [0, 0.1) is 5.92 Å². The highest BCUT2D eigenvalue weighted by Gasteiger charge is 2.51. The van der Waals surface area contributed by atoms with E-state index in [-0.39, 0.29) is 11.3 Å². The third-order valence-electron chi connectivity index (χ3n) is 5.90. The average Bonchev–Trinajstić information content (AvgIpc) is 2.86. The normalized spacial score (nSPS) is 18.5. The first-order valence-electron chi connectivity index (χ1n) is 11.3. The van der Waals surface area contributed by atoms with Crippen LogP contribution in [0.5, 0.6) is 0 Å². The summed E-state index contributed by atoms with van der Waals surface area (Å²) in [5.74, 6) is -0.817. The molecular formula is C27H24Cl3NO4S. The minimum atomic E-state index is -1.75. The summed E-state index contributed by atoms with van der Waals surface area (Å²) in [6, 6.07) is 30.4. The van der Waals surface area contributed by atoms with Crippen molar-refractivity contribution in [1.29, 1.82) is 0 Å². The maximum atomic E-state index is 12.7. The lowest BCUT2D eigenvalue weighted by Crippen LogP contribution is -2.62. The van der Waals surface area contributed by atoms with Crippen molar-refractivity contribution in [2.75, 3.05) is 6.61 Å². The SMILES string of the molecule is CC(OC(=O)OCC(Cl)(Cl)Cl)[C@H]1C(=O)N[C@@H]1SC(c1ccccc1)(c1ccccc1)c1ccccc1. The summed E-state index contributed by atoms with van der Waals surface area (Å²) in [6.07, 6.45) is -1.77. The summed E-state index contributed by atoms with van der Waals surface area (Å²) in [4.78, 5) is 24.8. The van der Waals surface area contributed by atoms with Gasteiger partial charge in [-0.15, -0.1) is 11.8 Å². The third-order valence-corrected chi connectivity index (χ3v) is 7.95. The molecule has 0 bridgehead atoms. The molecule has 5 nitrogen and oxygen atoms in total. The first-order chi connectivity index (χ1) is 17.2. The molecule has 1 aliphatic heterocycles. The molecule has 36 heavy (non-hydrogen) atoms. The van der Waals surface area contributed by atoms with Crippen molar-refractivity contribution in [2.45, 2.75) is 26.9 Å². The second-order valence-electron chi connectivity index (χ2n) is 8.33. The molecule has 4 rings (SSSR count). The van der Waals surface area contributed by atoms with E-state index in [2.05, 4.69) is 41.7 Å². The Kier molecular flexibility index (Phi) is 8.41. The van der Waals surface area contributed by atoms with Gasteiger partial charge in [-0.05, 0) is 23.6 Å². The summed E-state index contributed by atoms with van der Waals surface area (Å²) in [7, 11) is 0. The summed E-state index contributed by atoms with van der Waals surface area (Å²) in [5, 5.41) is 2.64. The molecule has 1 heterocycles. The van der Waals surface area contributed by atoms with Crippen LogP contribution >= 0.6 is 46.6 Å². The van der Waals surface area contributed by atoms with Gasteiger partial charge in [-0.2, -0.15) is 0 Å². The van der Waals surface area contributed by atoms with Gasteiger partial charge in [0.25, 0.3) is 0 Å². The molecule has 3 aromatic rings. The predicted octanol–water partition coefficient (Wildman–Crippen LogP) is 6.70. The molecule has 1 aliphatic rings. The van der Waals surface area contributed by atoms with Crippen molar-refractivity contribution in [3.8, 4) is 0 Å². The Balaban J connectivity index is 1.67. The molecule has 0 radical (unpaired) electrons. The van der Waals surface area contributed by atoms with Gasteiger partial charge < -0.3 is 14.8 Å². The molecule has 9 heteroatoms. The van der Waals surface area contributed by atoms with Crippen LogP contribution in [0.25, 0.3) is 0 Å². The van der Waals surface area contributed by atoms with E-state index in [9.17, 15) is 9.59 Å². The van der Waals surface area contributed by atoms with Crippen molar-refractivity contribution >= 4 is 58.6 Å². The highest BCUT2D eigenvalue weighted by molar-refractivity contribution is 8.01. The summed E-state index contributed by atoms with van der Waals surface area (Å²) in [6.45, 7) is 1.19. The average molecular weight is 565 g/mol. The zero-order valence-corrected chi connectivity index (χ0v) is 22.4. The number of ether oxygens (including phenoxy) is 2. The van der Waals surface area contributed by atoms with Gasteiger partial charge in [-0.1, -0.05) is 126 Å². The maximum absolute atomic E-state index is 12.7. The molecule has 3 atom stereocenters. The molecule has 0 spiro atoms. The van der Waals surface area contributed by atoms with Gasteiger partial charge in [0.1, 0.15) is 18.6 Å². The van der Waals surface area contributed by atoms with E-state index in [0.29, 0.717) is 0 Å². The van der Waals surface area contributed by atoms with Crippen LogP contribution in [0.2, 0.25) is 0 Å².